The maximum atomic E-state index is 13.7. The van der Waals surface area contributed by atoms with E-state index in [0.29, 0.717) is 62.7 Å². The first kappa shape index (κ1) is 54.7. The molecule has 0 radical (unpaired) electrons. The summed E-state index contributed by atoms with van der Waals surface area (Å²) in [5.74, 6) is -1.81. The SMILES string of the molecule is C=C=Nc1cccc2nc3c(cc12)Cn1c-3cc2c(c1=O)COC(=O)[C@]2(O)CC.CC(=O)Oc1ccccc1C(=O)O.[C-]#[N+]c1cccc2nc3c(cc12)Cn1c-3cc2c(c1=O)COC(=O)[C@@]2(CC)OC(=O)c1cccc(OC(C)=O)c1. The van der Waals surface area contributed by atoms with Crippen molar-refractivity contribution in [2.75, 3.05) is 0 Å². The van der Waals surface area contributed by atoms with E-state index in [0.717, 1.165) is 22.0 Å². The number of aliphatic imine (C=N–C) groups is 1. The average molecular weight is 1100 g/mol. The molecule has 0 aliphatic carbocycles. The van der Waals surface area contributed by atoms with Crippen molar-refractivity contribution in [3.05, 3.63) is 192 Å². The fourth-order valence-corrected chi connectivity index (χ4v) is 10.4. The molecule has 8 aromatic rings. The van der Waals surface area contributed by atoms with Crippen LogP contribution < -0.4 is 20.6 Å². The highest BCUT2D eigenvalue weighted by atomic mass is 16.6. The zero-order valence-electron chi connectivity index (χ0n) is 44.2. The van der Waals surface area contributed by atoms with Gasteiger partial charge in [-0.1, -0.05) is 56.3 Å². The summed E-state index contributed by atoms with van der Waals surface area (Å²) in [7, 11) is 0. The predicted octanol–water partition coefficient (Wildman–Crippen LogP) is 8.30. The molecule has 0 saturated heterocycles. The maximum Gasteiger partial charge on any atom is 0.355 e. The number of fused-ring (bicyclic) bond motifs is 10. The largest absolute Gasteiger partial charge is 0.478 e. The first-order valence-electron chi connectivity index (χ1n) is 25.4. The van der Waals surface area contributed by atoms with Gasteiger partial charge in [0.15, 0.2) is 11.3 Å². The van der Waals surface area contributed by atoms with E-state index in [9.17, 15) is 43.5 Å². The minimum absolute atomic E-state index is 0.00345. The number of carboxylic acid groups (broad SMARTS) is 1. The number of benzene rings is 4. The molecule has 0 fully saturated rings. The second-order valence-electron chi connectivity index (χ2n) is 19.1. The van der Waals surface area contributed by atoms with Gasteiger partial charge in [0, 0.05) is 41.3 Å². The van der Waals surface area contributed by atoms with Crippen LogP contribution in [0.3, 0.4) is 0 Å². The third-order valence-corrected chi connectivity index (χ3v) is 14.3. The van der Waals surface area contributed by atoms with Crippen molar-refractivity contribution in [1.29, 1.82) is 0 Å². The molecule has 2 atom stereocenters. The number of cyclic esters (lactones) is 2. The molecule has 82 heavy (non-hydrogen) atoms. The van der Waals surface area contributed by atoms with Crippen molar-refractivity contribution in [2.24, 2.45) is 4.99 Å². The Bertz CT molecular complexity index is 4340. The first-order chi connectivity index (χ1) is 39.3. The lowest BCUT2D eigenvalue weighted by atomic mass is 9.85. The van der Waals surface area contributed by atoms with Gasteiger partial charge in [0.05, 0.1) is 75.8 Å². The summed E-state index contributed by atoms with van der Waals surface area (Å²) >= 11 is 0. The molecule has 0 spiro atoms. The number of carboxylic acids is 1. The molecule has 21 nitrogen and oxygen atoms in total. The third kappa shape index (κ3) is 9.52. The van der Waals surface area contributed by atoms with Crippen LogP contribution in [0.15, 0.2) is 130 Å². The van der Waals surface area contributed by atoms with Gasteiger partial charge < -0.3 is 43.0 Å². The Balaban J connectivity index is 0.000000156. The van der Waals surface area contributed by atoms with Crippen LogP contribution in [0.2, 0.25) is 0 Å². The number of aliphatic hydroxyl groups is 1. The standard InChI is InChI=1S/C30H21N3O7.C22H17N3O4.C9H8O4/c1-4-30(40-28(36)17-7-5-8-19(11-17)39-16(2)34)22-13-25-26-18(12-20-23(31-3)9-6-10-24(20)32-26)14-33(25)27(35)21(22)15-38-29(30)37;1-3-22(28)15-9-18-19-12(10-25(18)20(26)14(15)11-29-21(22)27)8-13-16(23-4-2)6-5-7-17(13)24-19;1-6(10)13-8-5-3-2-4-7(8)9(11)12/h5-13H,4,14-15H2,1-2H3;5-9,28H,2-3,10-11H2,1H3;2-5H,1H3,(H,11,12)/t30-;22-;/m00./s1. The minimum atomic E-state index is -1.88. The van der Waals surface area contributed by atoms with Gasteiger partial charge in [0.2, 0.25) is 5.60 Å². The molecule has 4 aliphatic heterocycles. The van der Waals surface area contributed by atoms with Crippen molar-refractivity contribution in [1.82, 2.24) is 19.1 Å². The molecule has 0 bridgehead atoms. The lowest BCUT2D eigenvalue weighted by Gasteiger charge is -2.35. The smallest absolute Gasteiger partial charge is 0.355 e. The maximum absolute atomic E-state index is 13.7. The topological polar surface area (TPSA) is 276 Å². The van der Waals surface area contributed by atoms with Gasteiger partial charge >= 0.3 is 35.8 Å². The summed E-state index contributed by atoms with van der Waals surface area (Å²) in [6.45, 7) is 17.0. The Morgan fingerprint density at radius 1 is 0.732 bits per heavy atom. The Morgan fingerprint density at radius 3 is 1.93 bits per heavy atom. The van der Waals surface area contributed by atoms with Crippen LogP contribution in [0.25, 0.3) is 49.4 Å². The Morgan fingerprint density at radius 2 is 1.32 bits per heavy atom. The number of esters is 5. The third-order valence-electron chi connectivity index (χ3n) is 14.3. The second-order valence-corrected chi connectivity index (χ2v) is 19.1. The van der Waals surface area contributed by atoms with E-state index in [1.54, 1.807) is 65.4 Å². The van der Waals surface area contributed by atoms with Crippen molar-refractivity contribution in [3.63, 3.8) is 0 Å². The van der Waals surface area contributed by atoms with Crippen LogP contribution in [0.4, 0.5) is 11.4 Å². The summed E-state index contributed by atoms with van der Waals surface area (Å²) in [5.41, 5.74) is 3.18. The van der Waals surface area contributed by atoms with Crippen LogP contribution in [0.5, 0.6) is 11.5 Å². The molecule has 2 N–H and O–H groups in total. The van der Waals surface area contributed by atoms with Crippen molar-refractivity contribution >= 4 is 74.9 Å². The molecule has 4 aromatic heterocycles. The average Bonchev–Trinajstić information content (AvgIpc) is 4.18. The van der Waals surface area contributed by atoms with Gasteiger partial charge in [0.25, 0.3) is 11.1 Å². The van der Waals surface area contributed by atoms with Gasteiger partial charge in [-0.15, -0.1) is 0 Å². The molecule has 21 heteroatoms. The van der Waals surface area contributed by atoms with Gasteiger partial charge in [-0.05, 0) is 97.6 Å². The molecule has 4 aromatic carbocycles. The summed E-state index contributed by atoms with van der Waals surface area (Å²) in [6, 6.07) is 29.8. The number of carbonyl (C=O) groups excluding carboxylic acids is 5. The normalized spacial score (nSPS) is 16.4. The fraction of sp³-hybridized carbons (Fsp3) is 0.197. The predicted molar refractivity (Wildman–Crippen MR) is 294 cm³/mol. The van der Waals surface area contributed by atoms with Gasteiger partial charge in [-0.3, -0.25) is 19.2 Å². The lowest BCUT2D eigenvalue weighted by molar-refractivity contribution is -0.173. The monoisotopic (exact) mass is 1100 g/mol. The molecule has 410 valence electrons. The van der Waals surface area contributed by atoms with E-state index in [1.165, 1.54) is 50.2 Å². The number of nitrogens with zero attached hydrogens (tertiary/aromatic N) is 6. The highest BCUT2D eigenvalue weighted by Gasteiger charge is 2.51. The Labute approximate surface area is 464 Å². The van der Waals surface area contributed by atoms with E-state index in [2.05, 4.69) is 27.0 Å². The molecule has 0 amide bonds. The summed E-state index contributed by atoms with van der Waals surface area (Å²) < 4.78 is 29.3. The number of aromatic nitrogens is 4. The first-order valence-corrected chi connectivity index (χ1v) is 25.4. The zero-order valence-corrected chi connectivity index (χ0v) is 44.2. The number of para-hydroxylation sites is 1. The van der Waals surface area contributed by atoms with Gasteiger partial charge in [-0.25, -0.2) is 39.0 Å². The Kier molecular flexibility index (Phi) is 14.3. The Hall–Kier alpha value is -10.7. The molecule has 12 rings (SSSR count). The van der Waals surface area contributed by atoms with Gasteiger partial charge in [-0.2, -0.15) is 0 Å². The molecule has 4 aliphatic rings. The summed E-state index contributed by atoms with van der Waals surface area (Å²) in [5, 5.41) is 21.1. The highest BCUT2D eigenvalue weighted by molar-refractivity contribution is 5.97. The van der Waals surface area contributed by atoms with Crippen LogP contribution in [-0.4, -0.2) is 71.0 Å². The van der Waals surface area contributed by atoms with E-state index >= 15 is 0 Å². The number of carbonyl (C=O) groups is 6. The zero-order chi connectivity index (χ0) is 58.4. The number of ether oxygens (including phenoxy) is 5. The quantitative estimate of drug-likeness (QED) is 0.0476. The van der Waals surface area contributed by atoms with E-state index in [-0.39, 0.29) is 77.5 Å². The van der Waals surface area contributed by atoms with Gasteiger partial charge in [0.1, 0.15) is 30.3 Å². The van der Waals surface area contributed by atoms with Crippen molar-refractivity contribution < 1.29 is 62.7 Å². The van der Waals surface area contributed by atoms with Crippen LogP contribution >= 0.6 is 0 Å². The summed E-state index contributed by atoms with van der Waals surface area (Å²) in [6.07, 6.45) is 0.117. The van der Waals surface area contributed by atoms with Crippen molar-refractivity contribution in [2.45, 2.75) is 78.0 Å². The fourth-order valence-electron chi connectivity index (χ4n) is 10.4. The number of pyridine rings is 4. The summed E-state index contributed by atoms with van der Waals surface area (Å²) in [4.78, 5) is 115. The van der Waals surface area contributed by atoms with Crippen molar-refractivity contribution in [3.8, 4) is 34.3 Å². The molecule has 0 saturated carbocycles. The molecular weight excluding hydrogens is 1060 g/mol. The minimum Gasteiger partial charge on any atom is -0.478 e. The molecule has 8 heterocycles. The number of hydrogen-bond acceptors (Lipinski definition) is 17. The number of rotatable bonds is 8. The van der Waals surface area contributed by atoms with Crippen LogP contribution in [-0.2, 0) is 70.9 Å². The number of hydrogen-bond donors (Lipinski definition) is 2. The van der Waals surface area contributed by atoms with Crippen LogP contribution in [0, 0.1) is 6.57 Å². The highest BCUT2D eigenvalue weighted by Crippen LogP contribution is 2.43. The molecule has 0 unspecified atom stereocenters. The lowest BCUT2D eigenvalue weighted by Crippen LogP contribution is -2.47. The number of aromatic carboxylic acids is 1. The molecular formula is C61H46N6O15. The second kappa shape index (κ2) is 21.5. The van der Waals surface area contributed by atoms with E-state index in [1.807, 2.05) is 30.3 Å². The van der Waals surface area contributed by atoms with E-state index in [4.69, 9.17) is 40.6 Å². The van der Waals surface area contributed by atoms with Crippen LogP contribution in [0.1, 0.15) is 94.6 Å². The van der Waals surface area contributed by atoms with E-state index < -0.39 is 47.0 Å².